The molecule has 13 nitrogen and oxygen atoms in total. The summed E-state index contributed by atoms with van der Waals surface area (Å²) >= 11 is 0. The summed E-state index contributed by atoms with van der Waals surface area (Å²) in [5.74, 6) is -2.30. The molecular formula is C23H27N5O8. The molecule has 1 aromatic carbocycles. The Bertz CT molecular complexity index is 1250. The second-order valence-corrected chi connectivity index (χ2v) is 8.31. The average Bonchev–Trinajstić information content (AvgIpc) is 3.15. The van der Waals surface area contributed by atoms with Crippen LogP contribution in [0.4, 0.5) is 5.69 Å². The molecule has 0 fully saturated rings. The average molecular weight is 501 g/mol. The summed E-state index contributed by atoms with van der Waals surface area (Å²) in [7, 11) is 2.98. The van der Waals surface area contributed by atoms with Crippen LogP contribution in [0, 0.1) is 22.2 Å². The fourth-order valence-corrected chi connectivity index (χ4v) is 3.97. The number of hydrogen-bond donors (Lipinski definition) is 1. The second-order valence-electron chi connectivity index (χ2n) is 8.31. The Kier molecular flexibility index (Phi) is 8.04. The first kappa shape index (κ1) is 26.3. The number of aromatic nitrogens is 2. The van der Waals surface area contributed by atoms with Gasteiger partial charge in [0.25, 0.3) is 5.69 Å². The maximum atomic E-state index is 13.3. The molecule has 13 heteroatoms. The summed E-state index contributed by atoms with van der Waals surface area (Å²) in [4.78, 5) is 38.9. The van der Waals surface area contributed by atoms with E-state index in [4.69, 9.17) is 9.47 Å². The monoisotopic (exact) mass is 501 g/mol. The zero-order chi connectivity index (χ0) is 26.6. The Hall–Kier alpha value is -4.26. The highest BCUT2D eigenvalue weighted by Gasteiger charge is 2.38. The Morgan fingerprint density at radius 3 is 2.47 bits per heavy atom. The van der Waals surface area contributed by atoms with Crippen LogP contribution in [-0.4, -0.2) is 54.2 Å². The largest absolute Gasteiger partial charge is 0.466 e. The van der Waals surface area contributed by atoms with Crippen molar-refractivity contribution in [3.8, 4) is 0 Å². The number of nitrogens with zero attached hydrogens (tertiary/aromatic N) is 4. The Balaban J connectivity index is 1.83. The third-order valence-electron chi connectivity index (χ3n) is 5.84. The predicted octanol–water partition coefficient (Wildman–Crippen LogP) is 1.61. The van der Waals surface area contributed by atoms with Gasteiger partial charge in [-0.05, 0) is 31.4 Å². The summed E-state index contributed by atoms with van der Waals surface area (Å²) in [6, 6.07) is 5.75. The van der Waals surface area contributed by atoms with Gasteiger partial charge in [0.05, 0.1) is 35.6 Å². The number of non-ortho nitro benzene ring substituents is 1. The number of methoxy groups -OCH3 is 1. The van der Waals surface area contributed by atoms with Gasteiger partial charge >= 0.3 is 11.9 Å². The van der Waals surface area contributed by atoms with Crippen LogP contribution in [-0.2, 0) is 25.6 Å². The Morgan fingerprint density at radius 1 is 1.22 bits per heavy atom. The Labute approximate surface area is 206 Å². The lowest BCUT2D eigenvalue weighted by Crippen LogP contribution is -2.33. The van der Waals surface area contributed by atoms with E-state index < -0.39 is 22.8 Å². The number of nitro groups is 1. The number of ether oxygens (including phenoxy) is 2. The molecule has 1 N–H and O–H groups in total. The first-order valence-electron chi connectivity index (χ1n) is 11.0. The minimum absolute atomic E-state index is 0.00169. The number of hydrogen-bond acceptors (Lipinski definition) is 11. The number of carbonyl (C=O) groups is 2. The Morgan fingerprint density at radius 2 is 1.89 bits per heavy atom. The van der Waals surface area contributed by atoms with Crippen molar-refractivity contribution >= 4 is 17.6 Å². The van der Waals surface area contributed by atoms with Gasteiger partial charge in [0.1, 0.15) is 6.61 Å². The van der Waals surface area contributed by atoms with E-state index in [1.54, 1.807) is 38.8 Å². The SMILES string of the molecule is COC(=O)C1=C(C)NC(C)=C(C(=O)OCCN(C)Cc2no[n+]([O-])c2C)C1c1cccc([N+](=O)[O-])c1. The van der Waals surface area contributed by atoms with Gasteiger partial charge in [-0.25, -0.2) is 9.59 Å². The van der Waals surface area contributed by atoms with Crippen molar-refractivity contribution in [1.82, 2.24) is 15.4 Å². The number of rotatable bonds is 9. The van der Waals surface area contributed by atoms with Crippen molar-refractivity contribution in [2.24, 2.45) is 0 Å². The zero-order valence-electron chi connectivity index (χ0n) is 20.6. The zero-order valence-corrected chi connectivity index (χ0v) is 20.6. The molecule has 0 radical (unpaired) electrons. The van der Waals surface area contributed by atoms with Crippen molar-refractivity contribution in [1.29, 1.82) is 0 Å². The van der Waals surface area contributed by atoms with Crippen LogP contribution in [0.15, 0.2) is 51.4 Å². The van der Waals surface area contributed by atoms with Gasteiger partial charge in [-0.2, -0.15) is 0 Å². The summed E-state index contributed by atoms with van der Waals surface area (Å²) < 4.78 is 15.0. The van der Waals surface area contributed by atoms with Gasteiger partial charge in [0, 0.05) is 42.2 Å². The molecule has 1 aromatic heterocycles. The molecule has 0 saturated carbocycles. The summed E-state index contributed by atoms with van der Waals surface area (Å²) in [5, 5.41) is 29.4. The topological polar surface area (TPSA) is 164 Å². The van der Waals surface area contributed by atoms with E-state index in [-0.39, 0.29) is 23.4 Å². The summed E-state index contributed by atoms with van der Waals surface area (Å²) in [6.45, 7) is 5.52. The molecule has 1 unspecified atom stereocenters. The van der Waals surface area contributed by atoms with E-state index in [1.165, 1.54) is 25.3 Å². The number of nitro benzene ring substituents is 1. The van der Waals surface area contributed by atoms with Crippen LogP contribution in [0.2, 0.25) is 0 Å². The summed E-state index contributed by atoms with van der Waals surface area (Å²) in [6.07, 6.45) is 0. The first-order chi connectivity index (χ1) is 17.0. The van der Waals surface area contributed by atoms with Crippen LogP contribution >= 0.6 is 0 Å². The molecule has 1 atom stereocenters. The molecule has 36 heavy (non-hydrogen) atoms. The fraction of sp³-hybridized carbons (Fsp3) is 0.391. The molecule has 1 aliphatic rings. The van der Waals surface area contributed by atoms with E-state index in [9.17, 15) is 24.9 Å². The van der Waals surface area contributed by atoms with Crippen molar-refractivity contribution in [3.63, 3.8) is 0 Å². The highest BCUT2D eigenvalue weighted by molar-refractivity contribution is 5.99. The van der Waals surface area contributed by atoms with Gasteiger partial charge in [-0.15, -0.1) is 0 Å². The van der Waals surface area contributed by atoms with Crippen molar-refractivity contribution in [3.05, 3.63) is 79.1 Å². The lowest BCUT2D eigenvalue weighted by molar-refractivity contribution is -0.806. The number of esters is 2. The fourth-order valence-electron chi connectivity index (χ4n) is 3.97. The quantitative estimate of drug-likeness (QED) is 0.230. The second kappa shape index (κ2) is 11.0. The number of nitrogens with one attached hydrogen (secondary N) is 1. The number of dihydropyridines is 1. The molecule has 3 rings (SSSR count). The van der Waals surface area contributed by atoms with E-state index in [0.29, 0.717) is 46.3 Å². The standard InChI is InChI=1S/C23H27N5O8/c1-13-19(22(29)34-5)21(16-7-6-8-17(11-16)27(31)32)20(14(2)24-13)23(30)35-10-9-26(4)12-18-15(3)28(33)36-25-18/h6-8,11,21,24H,9-10,12H2,1-5H3. The van der Waals surface area contributed by atoms with Gasteiger partial charge in [0.2, 0.25) is 5.69 Å². The molecule has 0 amide bonds. The third-order valence-corrected chi connectivity index (χ3v) is 5.84. The van der Waals surface area contributed by atoms with E-state index in [2.05, 4.69) is 15.1 Å². The van der Waals surface area contributed by atoms with Gasteiger partial charge in [-0.3, -0.25) is 19.6 Å². The van der Waals surface area contributed by atoms with Gasteiger partial charge in [0.15, 0.2) is 5.69 Å². The number of likely N-dealkylation sites (N-methyl/N-ethyl adjacent to an activating group) is 1. The van der Waals surface area contributed by atoms with Crippen LogP contribution in [0.5, 0.6) is 0 Å². The highest BCUT2D eigenvalue weighted by Crippen LogP contribution is 2.40. The van der Waals surface area contributed by atoms with Gasteiger partial charge < -0.3 is 20.0 Å². The molecule has 2 heterocycles. The van der Waals surface area contributed by atoms with Crippen molar-refractivity contribution in [2.75, 3.05) is 27.3 Å². The van der Waals surface area contributed by atoms with E-state index in [0.717, 1.165) is 0 Å². The minimum atomic E-state index is -0.936. The molecule has 2 aromatic rings. The maximum Gasteiger partial charge on any atom is 0.336 e. The molecule has 1 aliphatic heterocycles. The van der Waals surface area contributed by atoms with E-state index >= 15 is 0 Å². The predicted molar refractivity (Wildman–Crippen MR) is 124 cm³/mol. The van der Waals surface area contributed by atoms with Crippen LogP contribution in [0.3, 0.4) is 0 Å². The number of allylic oxidation sites excluding steroid dienone is 2. The van der Waals surface area contributed by atoms with Crippen LogP contribution in [0.1, 0.15) is 36.7 Å². The first-order valence-corrected chi connectivity index (χ1v) is 11.0. The number of carbonyl (C=O) groups excluding carboxylic acids is 2. The molecule has 0 saturated heterocycles. The third kappa shape index (κ3) is 5.51. The van der Waals surface area contributed by atoms with Crippen molar-refractivity contribution in [2.45, 2.75) is 33.2 Å². The molecule has 192 valence electrons. The van der Waals surface area contributed by atoms with Crippen LogP contribution in [0.25, 0.3) is 0 Å². The minimum Gasteiger partial charge on any atom is -0.466 e. The highest BCUT2D eigenvalue weighted by atomic mass is 16.8. The lowest BCUT2D eigenvalue weighted by Gasteiger charge is -2.30. The molecular weight excluding hydrogens is 474 g/mol. The normalized spacial score (nSPS) is 15.7. The van der Waals surface area contributed by atoms with Crippen LogP contribution < -0.4 is 10.2 Å². The maximum absolute atomic E-state index is 13.3. The lowest BCUT2D eigenvalue weighted by atomic mass is 9.80. The smallest absolute Gasteiger partial charge is 0.336 e. The van der Waals surface area contributed by atoms with E-state index in [1.807, 2.05) is 0 Å². The molecule has 0 spiro atoms. The van der Waals surface area contributed by atoms with Gasteiger partial charge in [-0.1, -0.05) is 12.1 Å². The molecule has 0 bridgehead atoms. The molecule has 0 aliphatic carbocycles. The number of benzene rings is 1. The summed E-state index contributed by atoms with van der Waals surface area (Å²) in [5.41, 5.74) is 2.21. The van der Waals surface area contributed by atoms with Crippen molar-refractivity contribution < 1.29 is 33.5 Å².